The third kappa shape index (κ3) is 3.89. The van der Waals surface area contributed by atoms with Crippen LogP contribution in [0.4, 0.5) is 15.8 Å². The number of hydrogen-bond acceptors (Lipinski definition) is 3. The zero-order valence-corrected chi connectivity index (χ0v) is 9.92. The van der Waals surface area contributed by atoms with Crippen molar-refractivity contribution in [1.82, 2.24) is 0 Å². The number of nitrogens with two attached hydrogens (primary N) is 1. The third-order valence-electron chi connectivity index (χ3n) is 2.88. The molecule has 0 bridgehead atoms. The first-order valence-electron chi connectivity index (χ1n) is 6.13. The molecule has 0 spiro atoms. The van der Waals surface area contributed by atoms with Gasteiger partial charge in [0.05, 0.1) is 11.4 Å². The highest BCUT2D eigenvalue weighted by Crippen LogP contribution is 2.28. The molecule has 17 heavy (non-hydrogen) atoms. The fourth-order valence-electron chi connectivity index (χ4n) is 1.62. The molecule has 3 N–H and O–H groups in total. The average molecular weight is 238 g/mol. The van der Waals surface area contributed by atoms with E-state index in [1.807, 2.05) is 0 Å². The van der Waals surface area contributed by atoms with E-state index in [0.29, 0.717) is 5.69 Å². The van der Waals surface area contributed by atoms with Crippen molar-refractivity contribution in [1.29, 1.82) is 0 Å². The second-order valence-corrected chi connectivity index (χ2v) is 4.50. The molecule has 0 saturated heterocycles. The van der Waals surface area contributed by atoms with Crippen molar-refractivity contribution in [2.45, 2.75) is 19.3 Å². The monoisotopic (exact) mass is 238 g/mol. The van der Waals surface area contributed by atoms with Gasteiger partial charge in [-0.3, -0.25) is 0 Å². The van der Waals surface area contributed by atoms with Gasteiger partial charge < -0.3 is 15.8 Å². The average Bonchev–Trinajstić information content (AvgIpc) is 3.12. The minimum atomic E-state index is -0.375. The second-order valence-electron chi connectivity index (χ2n) is 4.50. The molecule has 94 valence electrons. The number of nitrogens with one attached hydrogen (secondary N) is 1. The Labute approximate surface area is 101 Å². The van der Waals surface area contributed by atoms with Crippen molar-refractivity contribution in [3.8, 4) is 0 Å². The lowest BCUT2D eigenvalue weighted by Crippen LogP contribution is -2.08. The Morgan fingerprint density at radius 2 is 2.24 bits per heavy atom. The molecule has 0 amide bonds. The molecule has 1 aliphatic carbocycles. The lowest BCUT2D eigenvalue weighted by atomic mass is 10.2. The van der Waals surface area contributed by atoms with E-state index in [1.165, 1.54) is 18.9 Å². The molecule has 1 aromatic rings. The number of halogens is 1. The van der Waals surface area contributed by atoms with E-state index in [1.54, 1.807) is 12.1 Å². The predicted octanol–water partition coefficient (Wildman–Crippen LogP) is 2.64. The summed E-state index contributed by atoms with van der Waals surface area (Å²) >= 11 is 0. The number of para-hydroxylation sites is 1. The number of benzene rings is 1. The summed E-state index contributed by atoms with van der Waals surface area (Å²) in [5.74, 6) is 0.432. The van der Waals surface area contributed by atoms with E-state index in [9.17, 15) is 4.39 Å². The molecule has 2 rings (SSSR count). The fraction of sp³-hybridized carbons (Fsp3) is 0.538. The van der Waals surface area contributed by atoms with Gasteiger partial charge in [0.15, 0.2) is 0 Å². The lowest BCUT2D eigenvalue weighted by Gasteiger charge is -2.09. The van der Waals surface area contributed by atoms with Crippen LogP contribution in [0.5, 0.6) is 0 Å². The van der Waals surface area contributed by atoms with Crippen molar-refractivity contribution in [3.63, 3.8) is 0 Å². The highest BCUT2D eigenvalue weighted by molar-refractivity contribution is 5.66. The third-order valence-corrected chi connectivity index (χ3v) is 2.88. The molecule has 1 aromatic carbocycles. The van der Waals surface area contributed by atoms with Crippen LogP contribution in [-0.2, 0) is 4.74 Å². The molecule has 0 atom stereocenters. The van der Waals surface area contributed by atoms with E-state index < -0.39 is 0 Å². The zero-order chi connectivity index (χ0) is 12.1. The second kappa shape index (κ2) is 5.87. The standard InChI is InChI=1S/C13H19FN2O/c14-11-3-1-4-12(13(11)15)16-7-2-8-17-9-10-5-6-10/h1,3-4,10,16H,2,5-9,15H2. The number of anilines is 2. The molecule has 0 heterocycles. The summed E-state index contributed by atoms with van der Waals surface area (Å²) in [6, 6.07) is 4.79. The van der Waals surface area contributed by atoms with Crippen molar-refractivity contribution in [3.05, 3.63) is 24.0 Å². The van der Waals surface area contributed by atoms with Crippen molar-refractivity contribution >= 4 is 11.4 Å². The maximum absolute atomic E-state index is 13.1. The molecule has 1 fully saturated rings. The Kier molecular flexibility index (Phi) is 4.20. The van der Waals surface area contributed by atoms with E-state index in [-0.39, 0.29) is 11.5 Å². The minimum Gasteiger partial charge on any atom is -0.395 e. The summed E-state index contributed by atoms with van der Waals surface area (Å²) in [6.45, 7) is 2.39. The van der Waals surface area contributed by atoms with Crippen LogP contribution in [0, 0.1) is 11.7 Å². The molecule has 1 saturated carbocycles. The van der Waals surface area contributed by atoms with Crippen LogP contribution in [0.1, 0.15) is 19.3 Å². The maximum atomic E-state index is 13.1. The van der Waals surface area contributed by atoms with Gasteiger partial charge in [0, 0.05) is 19.8 Å². The van der Waals surface area contributed by atoms with Crippen molar-refractivity contribution < 1.29 is 9.13 Å². The molecule has 3 nitrogen and oxygen atoms in total. The first-order chi connectivity index (χ1) is 8.27. The molecule has 0 unspecified atom stereocenters. The Morgan fingerprint density at radius 3 is 3.00 bits per heavy atom. The van der Waals surface area contributed by atoms with Crippen molar-refractivity contribution in [2.24, 2.45) is 5.92 Å². The zero-order valence-electron chi connectivity index (χ0n) is 9.92. The van der Waals surface area contributed by atoms with E-state index in [2.05, 4.69) is 5.32 Å². The highest BCUT2D eigenvalue weighted by Gasteiger charge is 2.20. The largest absolute Gasteiger partial charge is 0.395 e. The Morgan fingerprint density at radius 1 is 1.41 bits per heavy atom. The van der Waals surface area contributed by atoms with Gasteiger partial charge in [-0.15, -0.1) is 0 Å². The van der Waals surface area contributed by atoms with Gasteiger partial charge in [0.2, 0.25) is 0 Å². The number of ether oxygens (including phenoxy) is 1. The molecule has 0 aromatic heterocycles. The summed E-state index contributed by atoms with van der Waals surface area (Å²) in [7, 11) is 0. The van der Waals surface area contributed by atoms with Crippen LogP contribution in [0.3, 0.4) is 0 Å². The van der Waals surface area contributed by atoms with Gasteiger partial charge in [-0.2, -0.15) is 0 Å². The number of nitrogen functional groups attached to an aromatic ring is 1. The minimum absolute atomic E-state index is 0.186. The molecule has 4 heteroatoms. The molecular weight excluding hydrogens is 219 g/mol. The van der Waals surface area contributed by atoms with Crippen LogP contribution in [0.15, 0.2) is 18.2 Å². The lowest BCUT2D eigenvalue weighted by molar-refractivity contribution is 0.124. The van der Waals surface area contributed by atoms with Crippen molar-refractivity contribution in [2.75, 3.05) is 30.8 Å². The Hall–Kier alpha value is -1.29. The first-order valence-corrected chi connectivity index (χ1v) is 6.13. The van der Waals surface area contributed by atoms with E-state index >= 15 is 0 Å². The molecule has 0 radical (unpaired) electrons. The summed E-state index contributed by atoms with van der Waals surface area (Å²) in [5, 5.41) is 3.11. The summed E-state index contributed by atoms with van der Waals surface area (Å²) < 4.78 is 18.6. The molecule has 1 aliphatic rings. The SMILES string of the molecule is Nc1c(F)cccc1NCCCOCC1CC1. The van der Waals surface area contributed by atoms with Crippen LogP contribution in [0.25, 0.3) is 0 Å². The summed E-state index contributed by atoms with van der Waals surface area (Å²) in [4.78, 5) is 0. The quantitative estimate of drug-likeness (QED) is 0.567. The van der Waals surface area contributed by atoms with Crippen LogP contribution >= 0.6 is 0 Å². The fourth-order valence-corrected chi connectivity index (χ4v) is 1.62. The molecular formula is C13H19FN2O. The molecule has 0 aliphatic heterocycles. The van der Waals surface area contributed by atoms with Gasteiger partial charge in [-0.05, 0) is 37.3 Å². The Balaban J connectivity index is 1.61. The van der Waals surface area contributed by atoms with Gasteiger partial charge in [-0.1, -0.05) is 6.07 Å². The Bertz CT molecular complexity index is 366. The van der Waals surface area contributed by atoms with Crippen LogP contribution in [0.2, 0.25) is 0 Å². The van der Waals surface area contributed by atoms with Crippen LogP contribution < -0.4 is 11.1 Å². The van der Waals surface area contributed by atoms with E-state index in [4.69, 9.17) is 10.5 Å². The van der Waals surface area contributed by atoms with Crippen LogP contribution in [-0.4, -0.2) is 19.8 Å². The van der Waals surface area contributed by atoms with E-state index in [0.717, 1.165) is 32.1 Å². The normalized spacial score (nSPS) is 14.9. The maximum Gasteiger partial charge on any atom is 0.148 e. The first kappa shape index (κ1) is 12.2. The number of rotatable bonds is 7. The highest BCUT2D eigenvalue weighted by atomic mass is 19.1. The predicted molar refractivity (Wildman–Crippen MR) is 67.5 cm³/mol. The summed E-state index contributed by atoms with van der Waals surface area (Å²) in [5.41, 5.74) is 6.45. The van der Waals surface area contributed by atoms with Gasteiger partial charge in [0.1, 0.15) is 5.82 Å². The van der Waals surface area contributed by atoms with Gasteiger partial charge in [0.25, 0.3) is 0 Å². The number of hydrogen-bond donors (Lipinski definition) is 2. The van der Waals surface area contributed by atoms with Gasteiger partial charge in [-0.25, -0.2) is 4.39 Å². The summed E-state index contributed by atoms with van der Waals surface area (Å²) in [6.07, 6.45) is 3.54. The smallest absolute Gasteiger partial charge is 0.148 e. The topological polar surface area (TPSA) is 47.3 Å². The van der Waals surface area contributed by atoms with Gasteiger partial charge >= 0.3 is 0 Å².